The minimum atomic E-state index is -3.75. The Morgan fingerprint density at radius 1 is 1.20 bits per heavy atom. The number of benzene rings is 1. The number of esters is 1. The predicted octanol–water partition coefficient (Wildman–Crippen LogP) is -0.226. The van der Waals surface area contributed by atoms with Crippen LogP contribution in [0.2, 0.25) is 0 Å². The van der Waals surface area contributed by atoms with Crippen molar-refractivity contribution >= 4 is 21.9 Å². The lowest BCUT2D eigenvalue weighted by molar-refractivity contribution is -0.139. The van der Waals surface area contributed by atoms with Crippen molar-refractivity contribution in [1.29, 1.82) is 0 Å². The van der Waals surface area contributed by atoms with Gasteiger partial charge in [0.15, 0.2) is 0 Å². The maximum Gasteiger partial charge on any atom is 0.320 e. The molecule has 0 aromatic heterocycles. The maximum atomic E-state index is 11.8. The summed E-state index contributed by atoms with van der Waals surface area (Å²) in [5.41, 5.74) is 0.770. The van der Waals surface area contributed by atoms with Crippen LogP contribution < -0.4 is 10.0 Å². The lowest BCUT2D eigenvalue weighted by Crippen LogP contribution is -2.30. The van der Waals surface area contributed by atoms with Crippen molar-refractivity contribution in [2.75, 3.05) is 13.7 Å². The Balaban J connectivity index is 2.71. The van der Waals surface area contributed by atoms with Crippen LogP contribution in [0.3, 0.4) is 0 Å². The highest BCUT2D eigenvalue weighted by Gasteiger charge is 2.15. The summed E-state index contributed by atoms with van der Waals surface area (Å²) in [7, 11) is -2.58. The van der Waals surface area contributed by atoms with Gasteiger partial charge in [0.05, 0.1) is 12.0 Å². The molecule has 1 amide bonds. The summed E-state index contributed by atoms with van der Waals surface area (Å²) in [6.45, 7) is 1.30. The van der Waals surface area contributed by atoms with Crippen LogP contribution in [0.4, 0.5) is 0 Å². The molecule has 0 radical (unpaired) electrons. The number of methoxy groups -OCH3 is 1. The third kappa shape index (κ3) is 4.98. The number of nitrogens with one attached hydrogen (secondary N) is 2. The lowest BCUT2D eigenvalue weighted by atomic mass is 10.2. The SMILES string of the molecule is COC(=O)CNS(=O)(=O)c1ccc(CNC(C)=O)cc1. The summed E-state index contributed by atoms with van der Waals surface area (Å²) < 4.78 is 30.2. The first-order valence-electron chi connectivity index (χ1n) is 5.75. The number of carbonyl (C=O) groups excluding carboxylic acids is 2. The van der Waals surface area contributed by atoms with E-state index in [9.17, 15) is 18.0 Å². The molecule has 1 aromatic carbocycles. The van der Waals surface area contributed by atoms with Gasteiger partial charge in [0.2, 0.25) is 15.9 Å². The van der Waals surface area contributed by atoms with Gasteiger partial charge in [-0.2, -0.15) is 4.72 Å². The van der Waals surface area contributed by atoms with Crippen LogP contribution in [-0.4, -0.2) is 33.9 Å². The standard InChI is InChI=1S/C12H16N2O5S/c1-9(15)13-7-10-3-5-11(6-4-10)20(17,18)14-8-12(16)19-2/h3-6,14H,7-8H2,1-2H3,(H,13,15). The molecule has 1 rings (SSSR count). The fourth-order valence-corrected chi connectivity index (χ4v) is 2.29. The molecule has 8 heteroatoms. The van der Waals surface area contributed by atoms with E-state index in [1.54, 1.807) is 12.1 Å². The van der Waals surface area contributed by atoms with Crippen molar-refractivity contribution in [3.05, 3.63) is 29.8 Å². The van der Waals surface area contributed by atoms with Crippen molar-refractivity contribution in [3.8, 4) is 0 Å². The van der Waals surface area contributed by atoms with E-state index in [0.717, 1.165) is 5.56 Å². The Kier molecular flexibility index (Phi) is 5.66. The molecule has 2 N–H and O–H groups in total. The molecular formula is C12H16N2O5S. The van der Waals surface area contributed by atoms with Gasteiger partial charge in [0.25, 0.3) is 0 Å². The first kappa shape index (κ1) is 16.1. The molecule has 110 valence electrons. The number of ether oxygens (including phenoxy) is 1. The third-order valence-electron chi connectivity index (χ3n) is 2.41. The molecule has 0 unspecified atom stereocenters. The number of amides is 1. The van der Waals surface area contributed by atoms with E-state index in [0.29, 0.717) is 6.54 Å². The molecule has 7 nitrogen and oxygen atoms in total. The molecule has 1 aromatic rings. The molecule has 0 aliphatic heterocycles. The van der Waals surface area contributed by atoms with Gasteiger partial charge in [0, 0.05) is 13.5 Å². The van der Waals surface area contributed by atoms with Gasteiger partial charge < -0.3 is 10.1 Å². The zero-order valence-corrected chi connectivity index (χ0v) is 12.0. The maximum absolute atomic E-state index is 11.8. The molecule has 0 atom stereocenters. The van der Waals surface area contributed by atoms with Crippen LogP contribution in [0, 0.1) is 0 Å². The van der Waals surface area contributed by atoms with Gasteiger partial charge in [-0.15, -0.1) is 0 Å². The molecule has 0 aliphatic carbocycles. The highest BCUT2D eigenvalue weighted by atomic mass is 32.2. The second kappa shape index (κ2) is 7.01. The van der Waals surface area contributed by atoms with Gasteiger partial charge in [0.1, 0.15) is 6.54 Å². The number of hydrogen-bond donors (Lipinski definition) is 2. The van der Waals surface area contributed by atoms with E-state index < -0.39 is 22.5 Å². The topological polar surface area (TPSA) is 102 Å². The van der Waals surface area contributed by atoms with Gasteiger partial charge in [-0.05, 0) is 17.7 Å². The Morgan fingerprint density at radius 3 is 2.30 bits per heavy atom. The largest absolute Gasteiger partial charge is 0.468 e. The van der Waals surface area contributed by atoms with Crippen molar-refractivity contribution in [2.24, 2.45) is 0 Å². The van der Waals surface area contributed by atoms with Crippen LogP contribution in [0.25, 0.3) is 0 Å². The predicted molar refractivity (Wildman–Crippen MR) is 71.2 cm³/mol. The van der Waals surface area contributed by atoms with Gasteiger partial charge in [-0.1, -0.05) is 12.1 Å². The summed E-state index contributed by atoms with van der Waals surface area (Å²) in [4.78, 5) is 21.7. The Bertz CT molecular complexity index is 580. The Labute approximate surface area is 117 Å². The van der Waals surface area contributed by atoms with Crippen LogP contribution in [0.15, 0.2) is 29.2 Å². The fraction of sp³-hybridized carbons (Fsp3) is 0.333. The van der Waals surface area contributed by atoms with Gasteiger partial charge in [-0.25, -0.2) is 8.42 Å². The molecule has 0 saturated heterocycles. The Morgan fingerprint density at radius 2 is 1.80 bits per heavy atom. The monoisotopic (exact) mass is 300 g/mol. The summed E-state index contributed by atoms with van der Waals surface area (Å²) in [5.74, 6) is -0.836. The smallest absolute Gasteiger partial charge is 0.320 e. The van der Waals surface area contributed by atoms with Crippen molar-refractivity contribution in [2.45, 2.75) is 18.4 Å². The second-order valence-corrected chi connectivity index (χ2v) is 5.72. The molecule has 20 heavy (non-hydrogen) atoms. The van der Waals surface area contributed by atoms with E-state index in [4.69, 9.17) is 0 Å². The molecule has 0 bridgehead atoms. The normalized spacial score (nSPS) is 10.9. The van der Waals surface area contributed by atoms with Crippen molar-refractivity contribution in [1.82, 2.24) is 10.0 Å². The van der Waals surface area contributed by atoms with E-state index in [-0.39, 0.29) is 10.8 Å². The molecule has 0 fully saturated rings. The van der Waals surface area contributed by atoms with Gasteiger partial charge in [-0.3, -0.25) is 9.59 Å². The summed E-state index contributed by atoms with van der Waals surface area (Å²) >= 11 is 0. The van der Waals surface area contributed by atoms with Crippen LogP contribution >= 0.6 is 0 Å². The lowest BCUT2D eigenvalue weighted by Gasteiger charge is -2.07. The van der Waals surface area contributed by atoms with Crippen molar-refractivity contribution < 1.29 is 22.7 Å². The van der Waals surface area contributed by atoms with E-state index in [1.807, 2.05) is 0 Å². The van der Waals surface area contributed by atoms with Gasteiger partial charge >= 0.3 is 5.97 Å². The average Bonchev–Trinajstić information content (AvgIpc) is 2.43. The average molecular weight is 300 g/mol. The summed E-state index contributed by atoms with van der Waals surface area (Å²) in [6, 6.07) is 5.97. The van der Waals surface area contributed by atoms with E-state index >= 15 is 0 Å². The third-order valence-corrected chi connectivity index (χ3v) is 3.83. The van der Waals surface area contributed by atoms with Crippen molar-refractivity contribution in [3.63, 3.8) is 0 Å². The molecule has 0 spiro atoms. The summed E-state index contributed by atoms with van der Waals surface area (Å²) in [6.07, 6.45) is 0. The molecule has 0 saturated carbocycles. The highest BCUT2D eigenvalue weighted by Crippen LogP contribution is 2.10. The first-order valence-corrected chi connectivity index (χ1v) is 7.23. The number of sulfonamides is 1. The molecular weight excluding hydrogens is 284 g/mol. The first-order chi connectivity index (χ1) is 9.35. The highest BCUT2D eigenvalue weighted by molar-refractivity contribution is 7.89. The molecule has 0 heterocycles. The van der Waals surface area contributed by atoms with E-state index in [2.05, 4.69) is 14.8 Å². The number of rotatable bonds is 6. The number of carbonyl (C=O) groups is 2. The quantitative estimate of drug-likeness (QED) is 0.707. The van der Waals surface area contributed by atoms with E-state index in [1.165, 1.54) is 26.2 Å². The fourth-order valence-electron chi connectivity index (χ4n) is 1.32. The molecule has 0 aliphatic rings. The van der Waals surface area contributed by atoms with Crippen LogP contribution in [0.5, 0.6) is 0 Å². The zero-order valence-electron chi connectivity index (χ0n) is 11.2. The summed E-state index contributed by atoms with van der Waals surface area (Å²) in [5, 5.41) is 2.60. The van der Waals surface area contributed by atoms with Crippen LogP contribution in [0.1, 0.15) is 12.5 Å². The Hall–Kier alpha value is -1.93. The minimum absolute atomic E-state index is 0.0352. The number of hydrogen-bond acceptors (Lipinski definition) is 5. The second-order valence-electron chi connectivity index (χ2n) is 3.95. The van der Waals surface area contributed by atoms with Crippen LogP contribution in [-0.2, 0) is 30.9 Å². The minimum Gasteiger partial charge on any atom is -0.468 e. The zero-order chi connectivity index (χ0) is 15.2.